The predicted molar refractivity (Wildman–Crippen MR) is 63.4 cm³/mol. The standard InChI is InChI=1S/C11H13N3O3/c1-2-17-10(15)7-13-14-11(16)8-3-5-9(12)6-4-8/h3-7H,2,12H2,1H3,(H,14,16)/b13-7+. The lowest BCUT2D eigenvalue weighted by atomic mass is 10.2. The molecular weight excluding hydrogens is 222 g/mol. The van der Waals surface area contributed by atoms with E-state index in [9.17, 15) is 9.59 Å². The Bertz CT molecular complexity index is 426. The second-order valence-corrected chi connectivity index (χ2v) is 3.07. The van der Waals surface area contributed by atoms with Crippen LogP contribution >= 0.6 is 0 Å². The van der Waals surface area contributed by atoms with E-state index in [4.69, 9.17) is 5.73 Å². The summed E-state index contributed by atoms with van der Waals surface area (Å²) >= 11 is 0. The number of rotatable bonds is 4. The average molecular weight is 235 g/mol. The third kappa shape index (κ3) is 4.33. The van der Waals surface area contributed by atoms with Crippen LogP contribution < -0.4 is 11.2 Å². The lowest BCUT2D eigenvalue weighted by Crippen LogP contribution is -2.19. The van der Waals surface area contributed by atoms with Crippen molar-refractivity contribution in [2.45, 2.75) is 6.92 Å². The summed E-state index contributed by atoms with van der Waals surface area (Å²) in [7, 11) is 0. The van der Waals surface area contributed by atoms with Crippen molar-refractivity contribution in [1.29, 1.82) is 0 Å². The van der Waals surface area contributed by atoms with E-state index in [0.29, 0.717) is 11.3 Å². The Morgan fingerprint density at radius 2 is 2.06 bits per heavy atom. The molecule has 17 heavy (non-hydrogen) atoms. The van der Waals surface area contributed by atoms with Gasteiger partial charge in [0, 0.05) is 11.3 Å². The van der Waals surface area contributed by atoms with Gasteiger partial charge in [-0.1, -0.05) is 0 Å². The van der Waals surface area contributed by atoms with Crippen LogP contribution in [0.5, 0.6) is 0 Å². The summed E-state index contributed by atoms with van der Waals surface area (Å²) in [6.07, 6.45) is 0.901. The number of benzene rings is 1. The number of carbonyl (C=O) groups excluding carboxylic acids is 2. The Morgan fingerprint density at radius 1 is 1.41 bits per heavy atom. The van der Waals surface area contributed by atoms with Crippen molar-refractivity contribution in [2.75, 3.05) is 12.3 Å². The van der Waals surface area contributed by atoms with E-state index >= 15 is 0 Å². The molecule has 0 spiro atoms. The SMILES string of the molecule is CCOC(=O)/C=N/NC(=O)c1ccc(N)cc1. The van der Waals surface area contributed by atoms with Crippen molar-refractivity contribution in [3.63, 3.8) is 0 Å². The molecule has 0 aliphatic heterocycles. The molecule has 0 radical (unpaired) electrons. The number of ether oxygens (including phenoxy) is 1. The van der Waals surface area contributed by atoms with Crippen LogP contribution in [0.3, 0.4) is 0 Å². The first-order valence-electron chi connectivity index (χ1n) is 4.99. The molecule has 0 aliphatic carbocycles. The van der Waals surface area contributed by atoms with Gasteiger partial charge in [-0.25, -0.2) is 10.2 Å². The molecular formula is C11H13N3O3. The molecule has 0 aliphatic rings. The summed E-state index contributed by atoms with van der Waals surface area (Å²) in [5.41, 5.74) is 8.64. The van der Waals surface area contributed by atoms with E-state index < -0.39 is 11.9 Å². The Labute approximate surface area is 98.4 Å². The molecule has 0 unspecified atom stereocenters. The first kappa shape index (κ1) is 12.7. The highest BCUT2D eigenvalue weighted by atomic mass is 16.5. The molecule has 3 N–H and O–H groups in total. The minimum absolute atomic E-state index is 0.261. The van der Waals surface area contributed by atoms with Crippen LogP contribution in [-0.2, 0) is 9.53 Å². The summed E-state index contributed by atoms with van der Waals surface area (Å²) in [5, 5.41) is 3.46. The zero-order valence-electron chi connectivity index (χ0n) is 9.34. The van der Waals surface area contributed by atoms with Gasteiger partial charge in [-0.3, -0.25) is 4.79 Å². The van der Waals surface area contributed by atoms with Crippen molar-refractivity contribution in [3.05, 3.63) is 29.8 Å². The van der Waals surface area contributed by atoms with Gasteiger partial charge in [0.1, 0.15) is 6.21 Å². The number of anilines is 1. The Hall–Kier alpha value is -2.37. The maximum atomic E-state index is 11.5. The van der Waals surface area contributed by atoms with Crippen LogP contribution in [0.2, 0.25) is 0 Å². The average Bonchev–Trinajstić information content (AvgIpc) is 2.30. The number of nitrogen functional groups attached to an aromatic ring is 1. The number of esters is 1. The first-order chi connectivity index (χ1) is 8.13. The monoisotopic (exact) mass is 235 g/mol. The van der Waals surface area contributed by atoms with Gasteiger partial charge >= 0.3 is 5.97 Å². The Kier molecular flexibility index (Phi) is 4.68. The lowest BCUT2D eigenvalue weighted by Gasteiger charge is -2.00. The molecule has 1 aromatic rings. The van der Waals surface area contributed by atoms with Crippen molar-refractivity contribution in [2.24, 2.45) is 5.10 Å². The second kappa shape index (κ2) is 6.26. The minimum Gasteiger partial charge on any atom is -0.462 e. The number of amides is 1. The number of nitrogens with zero attached hydrogens (tertiary/aromatic N) is 1. The molecule has 0 atom stereocenters. The fraction of sp³-hybridized carbons (Fsp3) is 0.182. The highest BCUT2D eigenvalue weighted by Gasteiger charge is 2.03. The minimum atomic E-state index is -0.606. The third-order valence-corrected chi connectivity index (χ3v) is 1.80. The number of hydrazone groups is 1. The predicted octanol–water partition coefficient (Wildman–Crippen LogP) is 0.547. The topological polar surface area (TPSA) is 93.8 Å². The Morgan fingerprint density at radius 3 is 2.65 bits per heavy atom. The van der Waals surface area contributed by atoms with E-state index in [1.807, 2.05) is 0 Å². The van der Waals surface area contributed by atoms with Crippen LogP contribution in [0.1, 0.15) is 17.3 Å². The molecule has 1 rings (SSSR count). The molecule has 6 heteroatoms. The quantitative estimate of drug-likeness (QED) is 0.345. The summed E-state index contributed by atoms with van der Waals surface area (Å²) < 4.78 is 4.59. The van der Waals surface area contributed by atoms with Crippen LogP contribution in [0.25, 0.3) is 0 Å². The molecule has 1 aromatic carbocycles. The summed E-state index contributed by atoms with van der Waals surface area (Å²) in [4.78, 5) is 22.3. The van der Waals surface area contributed by atoms with Crippen molar-refractivity contribution in [3.8, 4) is 0 Å². The van der Waals surface area contributed by atoms with Gasteiger partial charge in [0.15, 0.2) is 0 Å². The third-order valence-electron chi connectivity index (χ3n) is 1.80. The van der Waals surface area contributed by atoms with Gasteiger partial charge in [-0.05, 0) is 31.2 Å². The smallest absolute Gasteiger partial charge is 0.351 e. The zero-order valence-corrected chi connectivity index (χ0v) is 9.34. The highest BCUT2D eigenvalue weighted by Crippen LogP contribution is 2.04. The van der Waals surface area contributed by atoms with Crippen LogP contribution in [0.15, 0.2) is 29.4 Å². The van der Waals surface area contributed by atoms with Crippen molar-refractivity contribution >= 4 is 23.8 Å². The largest absolute Gasteiger partial charge is 0.462 e. The Balaban J connectivity index is 2.50. The van der Waals surface area contributed by atoms with Gasteiger partial charge in [-0.2, -0.15) is 5.10 Å². The fourth-order valence-electron chi connectivity index (χ4n) is 1.02. The van der Waals surface area contributed by atoms with Gasteiger partial charge in [0.25, 0.3) is 5.91 Å². The number of hydrogen-bond donors (Lipinski definition) is 2. The number of nitrogens with one attached hydrogen (secondary N) is 1. The molecule has 6 nitrogen and oxygen atoms in total. The summed E-state index contributed by atoms with van der Waals surface area (Å²) in [6.45, 7) is 1.94. The lowest BCUT2D eigenvalue weighted by molar-refractivity contribution is -0.134. The van der Waals surface area contributed by atoms with Gasteiger partial charge in [0.05, 0.1) is 6.61 Å². The van der Waals surface area contributed by atoms with Crippen LogP contribution in [-0.4, -0.2) is 24.7 Å². The molecule has 0 heterocycles. The normalized spacial score (nSPS) is 10.2. The maximum absolute atomic E-state index is 11.5. The van der Waals surface area contributed by atoms with E-state index in [1.165, 1.54) is 0 Å². The molecule has 0 saturated heterocycles. The highest BCUT2D eigenvalue weighted by molar-refractivity contribution is 6.23. The fourth-order valence-corrected chi connectivity index (χ4v) is 1.02. The van der Waals surface area contributed by atoms with E-state index in [1.54, 1.807) is 31.2 Å². The van der Waals surface area contributed by atoms with E-state index in [0.717, 1.165) is 6.21 Å². The number of carbonyl (C=O) groups is 2. The summed E-state index contributed by atoms with van der Waals surface area (Å²) in [5.74, 6) is -1.03. The molecule has 90 valence electrons. The van der Waals surface area contributed by atoms with E-state index in [2.05, 4.69) is 15.3 Å². The van der Waals surface area contributed by atoms with Crippen LogP contribution in [0.4, 0.5) is 5.69 Å². The van der Waals surface area contributed by atoms with Crippen LogP contribution in [0, 0.1) is 0 Å². The number of nitrogens with two attached hydrogens (primary N) is 1. The van der Waals surface area contributed by atoms with Crippen molar-refractivity contribution < 1.29 is 14.3 Å². The molecule has 0 fully saturated rings. The maximum Gasteiger partial charge on any atom is 0.351 e. The first-order valence-corrected chi connectivity index (χ1v) is 4.99. The number of hydrogen-bond acceptors (Lipinski definition) is 5. The zero-order chi connectivity index (χ0) is 12.7. The van der Waals surface area contributed by atoms with Gasteiger partial charge in [0.2, 0.25) is 0 Å². The molecule has 1 amide bonds. The van der Waals surface area contributed by atoms with Crippen molar-refractivity contribution in [1.82, 2.24) is 5.43 Å². The molecule has 0 aromatic heterocycles. The second-order valence-electron chi connectivity index (χ2n) is 3.07. The summed E-state index contributed by atoms with van der Waals surface area (Å²) in [6, 6.07) is 6.32. The van der Waals surface area contributed by atoms with E-state index in [-0.39, 0.29) is 6.61 Å². The van der Waals surface area contributed by atoms with Gasteiger partial charge < -0.3 is 10.5 Å². The molecule has 0 saturated carbocycles. The van der Waals surface area contributed by atoms with Gasteiger partial charge in [-0.15, -0.1) is 0 Å². The molecule has 0 bridgehead atoms.